The van der Waals surface area contributed by atoms with Crippen molar-refractivity contribution in [2.24, 2.45) is 0 Å². The molecule has 0 aliphatic carbocycles. The van der Waals surface area contributed by atoms with Crippen LogP contribution in [-0.4, -0.2) is 20.6 Å². The number of hydrogen-bond donors (Lipinski definition) is 1. The van der Waals surface area contributed by atoms with Gasteiger partial charge in [-0.05, 0) is 17.9 Å². The maximum atomic E-state index is 11.3. The maximum absolute atomic E-state index is 11.3. The highest BCUT2D eigenvalue weighted by Gasteiger charge is 2.13. The predicted octanol–water partition coefficient (Wildman–Crippen LogP) is 0.746. The molecule has 0 saturated carbocycles. The molecule has 0 saturated heterocycles. The number of carbonyl (C=O) groups is 1. The summed E-state index contributed by atoms with van der Waals surface area (Å²) in [4.78, 5) is 11.3. The second kappa shape index (κ2) is 3.47. The second-order valence-electron chi connectivity index (χ2n) is 2.67. The summed E-state index contributed by atoms with van der Waals surface area (Å²) < 4.78 is 23.3. The Kier molecular flexibility index (Phi) is 2.72. The number of rotatable bonds is 2. The van der Waals surface area contributed by atoms with Crippen LogP contribution >= 0.6 is 11.3 Å². The quantitative estimate of drug-likeness (QED) is 0.798. The molecule has 13 heavy (non-hydrogen) atoms. The molecule has 72 valence electrons. The summed E-state index contributed by atoms with van der Waals surface area (Å²) in [5.41, 5.74) is 1.20. The molecule has 0 radical (unpaired) electrons. The van der Waals surface area contributed by atoms with Gasteiger partial charge >= 0.3 is 0 Å². The summed E-state index contributed by atoms with van der Waals surface area (Å²) in [6.45, 7) is 1.76. The van der Waals surface area contributed by atoms with Gasteiger partial charge in [0.1, 0.15) is 0 Å². The molecule has 1 aromatic heterocycles. The van der Waals surface area contributed by atoms with Crippen LogP contribution in [-0.2, 0) is 10.0 Å². The van der Waals surface area contributed by atoms with Crippen LogP contribution in [0.4, 0.5) is 0 Å². The number of hydrogen-bond acceptors (Lipinski definition) is 4. The average Bonchev–Trinajstić information content (AvgIpc) is 2.30. The standard InChI is InChI=1S/C7H9NO3S2/c1-5-3-12-4-6(5)7(9)8-13(2,10)11/h3-4H,1-2H3,(H,8,9). The molecule has 6 heteroatoms. The first kappa shape index (κ1) is 10.2. The van der Waals surface area contributed by atoms with Crippen LogP contribution < -0.4 is 4.72 Å². The average molecular weight is 219 g/mol. The molecule has 1 amide bonds. The van der Waals surface area contributed by atoms with Crippen LogP contribution in [0.1, 0.15) is 15.9 Å². The third kappa shape index (κ3) is 2.82. The Labute approximate surface area is 80.6 Å². The first-order valence-electron chi connectivity index (χ1n) is 3.45. The predicted molar refractivity (Wildman–Crippen MR) is 51.4 cm³/mol. The van der Waals surface area contributed by atoms with Gasteiger partial charge in [-0.1, -0.05) is 0 Å². The molecule has 0 bridgehead atoms. The fraction of sp³-hybridized carbons (Fsp3) is 0.286. The molecular weight excluding hydrogens is 210 g/mol. The van der Waals surface area contributed by atoms with Gasteiger partial charge in [-0.3, -0.25) is 4.79 Å². The first-order valence-corrected chi connectivity index (χ1v) is 6.28. The Hall–Kier alpha value is -0.880. The number of nitrogens with one attached hydrogen (secondary N) is 1. The highest BCUT2D eigenvalue weighted by Crippen LogP contribution is 2.13. The van der Waals surface area contributed by atoms with Crippen molar-refractivity contribution >= 4 is 27.3 Å². The van der Waals surface area contributed by atoms with Gasteiger partial charge in [0.2, 0.25) is 10.0 Å². The topological polar surface area (TPSA) is 63.2 Å². The summed E-state index contributed by atoms with van der Waals surface area (Å²) in [7, 11) is -3.46. The minimum Gasteiger partial charge on any atom is -0.268 e. The van der Waals surface area contributed by atoms with E-state index in [0.29, 0.717) is 5.56 Å². The fourth-order valence-electron chi connectivity index (χ4n) is 0.817. The summed E-state index contributed by atoms with van der Waals surface area (Å²) in [5.74, 6) is -0.568. The molecule has 0 aliphatic rings. The third-order valence-electron chi connectivity index (χ3n) is 1.38. The Bertz CT molecular complexity index is 419. The van der Waals surface area contributed by atoms with Crippen LogP contribution in [0.3, 0.4) is 0 Å². The van der Waals surface area contributed by atoms with Crippen LogP contribution in [0.15, 0.2) is 10.8 Å². The summed E-state index contributed by atoms with van der Waals surface area (Å²) >= 11 is 1.36. The van der Waals surface area contributed by atoms with Gasteiger partial charge in [0.25, 0.3) is 5.91 Å². The van der Waals surface area contributed by atoms with Gasteiger partial charge in [0.15, 0.2) is 0 Å². The lowest BCUT2D eigenvalue weighted by molar-refractivity contribution is 0.0981. The number of sulfonamides is 1. The number of carbonyl (C=O) groups excluding carboxylic acids is 1. The van der Waals surface area contributed by atoms with Crippen LogP contribution in [0.5, 0.6) is 0 Å². The van der Waals surface area contributed by atoms with Crippen molar-refractivity contribution in [2.45, 2.75) is 6.92 Å². The minimum absolute atomic E-state index is 0.412. The number of aryl methyl sites for hydroxylation is 1. The lowest BCUT2D eigenvalue weighted by atomic mass is 10.2. The van der Waals surface area contributed by atoms with Crippen molar-refractivity contribution in [1.29, 1.82) is 0 Å². The van der Waals surface area contributed by atoms with Crippen molar-refractivity contribution in [3.8, 4) is 0 Å². The third-order valence-corrected chi connectivity index (χ3v) is 2.80. The fourth-order valence-corrected chi connectivity index (χ4v) is 2.09. The van der Waals surface area contributed by atoms with E-state index in [4.69, 9.17) is 0 Å². The van der Waals surface area contributed by atoms with E-state index in [2.05, 4.69) is 0 Å². The van der Waals surface area contributed by atoms with Crippen molar-refractivity contribution in [2.75, 3.05) is 6.26 Å². The first-order chi connectivity index (χ1) is 5.90. The maximum Gasteiger partial charge on any atom is 0.265 e. The van der Waals surface area contributed by atoms with E-state index in [0.717, 1.165) is 11.8 Å². The van der Waals surface area contributed by atoms with Crippen molar-refractivity contribution in [1.82, 2.24) is 4.72 Å². The van der Waals surface area contributed by atoms with E-state index >= 15 is 0 Å². The summed E-state index contributed by atoms with van der Waals surface area (Å²) in [6.07, 6.45) is 0.951. The number of amides is 1. The molecule has 1 N–H and O–H groups in total. The second-order valence-corrected chi connectivity index (χ2v) is 5.16. The van der Waals surface area contributed by atoms with Gasteiger partial charge in [0, 0.05) is 5.38 Å². The van der Waals surface area contributed by atoms with E-state index in [1.165, 1.54) is 11.3 Å². The van der Waals surface area contributed by atoms with Gasteiger partial charge in [-0.15, -0.1) is 0 Å². The Morgan fingerprint density at radius 3 is 2.46 bits per heavy atom. The van der Waals surface area contributed by atoms with E-state index in [-0.39, 0.29) is 0 Å². The lowest BCUT2D eigenvalue weighted by Gasteiger charge is -2.00. The van der Waals surface area contributed by atoms with Crippen LogP contribution in [0, 0.1) is 6.92 Å². The lowest BCUT2D eigenvalue weighted by Crippen LogP contribution is -2.29. The van der Waals surface area contributed by atoms with Gasteiger partial charge < -0.3 is 0 Å². The monoisotopic (exact) mass is 219 g/mol. The van der Waals surface area contributed by atoms with Crippen molar-refractivity contribution in [3.05, 3.63) is 21.9 Å². The van der Waals surface area contributed by atoms with Gasteiger partial charge in [-0.2, -0.15) is 11.3 Å². The van der Waals surface area contributed by atoms with E-state index in [9.17, 15) is 13.2 Å². The zero-order valence-corrected chi connectivity index (χ0v) is 8.83. The van der Waals surface area contributed by atoms with Crippen LogP contribution in [0.2, 0.25) is 0 Å². The molecule has 0 aliphatic heterocycles. The van der Waals surface area contributed by atoms with Crippen LogP contribution in [0.25, 0.3) is 0 Å². The smallest absolute Gasteiger partial charge is 0.265 e. The van der Waals surface area contributed by atoms with Gasteiger partial charge in [-0.25, -0.2) is 13.1 Å². The van der Waals surface area contributed by atoms with Gasteiger partial charge in [0.05, 0.1) is 11.8 Å². The molecule has 1 heterocycles. The molecule has 0 atom stereocenters. The van der Waals surface area contributed by atoms with E-state index in [1.54, 1.807) is 17.7 Å². The highest BCUT2D eigenvalue weighted by molar-refractivity contribution is 7.89. The largest absolute Gasteiger partial charge is 0.268 e. The molecule has 4 nitrogen and oxygen atoms in total. The minimum atomic E-state index is -3.46. The Morgan fingerprint density at radius 1 is 1.46 bits per heavy atom. The van der Waals surface area contributed by atoms with Crippen molar-refractivity contribution in [3.63, 3.8) is 0 Å². The van der Waals surface area contributed by atoms with E-state index in [1.807, 2.05) is 4.72 Å². The highest BCUT2D eigenvalue weighted by atomic mass is 32.2. The number of thiophene rings is 1. The molecule has 0 unspecified atom stereocenters. The molecule has 1 rings (SSSR count). The molecular formula is C7H9NO3S2. The normalized spacial score (nSPS) is 11.2. The Morgan fingerprint density at radius 2 is 2.08 bits per heavy atom. The molecule has 0 spiro atoms. The molecule has 0 fully saturated rings. The summed E-state index contributed by atoms with van der Waals surface area (Å²) in [6, 6.07) is 0. The SMILES string of the molecule is Cc1cscc1C(=O)NS(C)(=O)=O. The zero-order valence-electron chi connectivity index (χ0n) is 7.20. The molecule has 1 aromatic rings. The zero-order chi connectivity index (χ0) is 10.1. The van der Waals surface area contributed by atoms with E-state index < -0.39 is 15.9 Å². The van der Waals surface area contributed by atoms with Crippen molar-refractivity contribution < 1.29 is 13.2 Å². The molecule has 0 aromatic carbocycles. The summed E-state index contributed by atoms with van der Waals surface area (Å²) in [5, 5.41) is 3.41. The Balaban J connectivity index is 2.88.